The van der Waals surface area contributed by atoms with Crippen LogP contribution in [-0.2, 0) is 30.4 Å². The minimum atomic E-state index is -1.20. The summed E-state index contributed by atoms with van der Waals surface area (Å²) >= 11 is 0. The number of phenolic OH excluding ortho intramolecular Hbond substituents is 1. The molecule has 0 fully saturated rings. The number of carbonyl (C=O) groups is 5. The van der Waals surface area contributed by atoms with E-state index >= 15 is 0 Å². The Morgan fingerprint density at radius 1 is 0.718 bits per heavy atom. The molecule has 1 aromatic carbocycles. The number of hydrogen-bond acceptors (Lipinski definition) is 9. The number of carboxylic acid groups (broad SMARTS) is 1. The molecule has 0 aliphatic carbocycles. The van der Waals surface area contributed by atoms with Crippen molar-refractivity contribution < 1.29 is 34.2 Å². The first-order valence-corrected chi connectivity index (χ1v) is 12.9. The third-order valence-electron chi connectivity index (χ3n) is 5.80. The fourth-order valence-electron chi connectivity index (χ4n) is 3.65. The van der Waals surface area contributed by atoms with Gasteiger partial charge in [-0.3, -0.25) is 19.2 Å². The number of nitrogens with one attached hydrogen (secondary N) is 4. The maximum atomic E-state index is 13.1. The van der Waals surface area contributed by atoms with Crippen molar-refractivity contribution in [2.24, 2.45) is 17.2 Å². The van der Waals surface area contributed by atoms with Crippen molar-refractivity contribution in [2.45, 2.75) is 63.1 Å². The van der Waals surface area contributed by atoms with Gasteiger partial charge in [-0.25, -0.2) is 4.79 Å². The second-order valence-electron chi connectivity index (χ2n) is 9.00. The van der Waals surface area contributed by atoms with E-state index in [2.05, 4.69) is 21.3 Å². The zero-order valence-electron chi connectivity index (χ0n) is 22.0. The molecule has 39 heavy (non-hydrogen) atoms. The summed E-state index contributed by atoms with van der Waals surface area (Å²) in [5, 5.41) is 28.8. The largest absolute Gasteiger partial charge is 0.508 e. The molecule has 0 spiro atoms. The molecule has 0 radical (unpaired) electrons. The molecule has 0 bridgehead atoms. The predicted octanol–water partition coefficient (Wildman–Crippen LogP) is -2.19. The Hall–Kier alpha value is -3.75. The summed E-state index contributed by atoms with van der Waals surface area (Å²) in [6.45, 7) is -0.0666. The molecular formula is C25H41N7O7. The highest BCUT2D eigenvalue weighted by molar-refractivity contribution is 5.94. The van der Waals surface area contributed by atoms with Crippen molar-refractivity contribution in [3.63, 3.8) is 0 Å². The van der Waals surface area contributed by atoms with E-state index in [-0.39, 0.29) is 31.6 Å². The van der Waals surface area contributed by atoms with E-state index in [1.165, 1.54) is 12.1 Å². The lowest BCUT2D eigenvalue weighted by Crippen LogP contribution is -2.56. The molecule has 12 N–H and O–H groups in total. The van der Waals surface area contributed by atoms with Crippen LogP contribution in [0.4, 0.5) is 0 Å². The number of benzene rings is 1. The molecule has 14 heteroatoms. The summed E-state index contributed by atoms with van der Waals surface area (Å²) in [6.07, 6.45) is 2.69. The number of unbranched alkanes of at least 4 members (excludes halogenated alkanes) is 2. The van der Waals surface area contributed by atoms with Crippen LogP contribution in [0.2, 0.25) is 0 Å². The Morgan fingerprint density at radius 2 is 1.28 bits per heavy atom. The molecule has 1 aromatic rings. The highest BCUT2D eigenvalue weighted by atomic mass is 16.4. The van der Waals surface area contributed by atoms with Gasteiger partial charge in [-0.1, -0.05) is 12.1 Å². The predicted molar refractivity (Wildman–Crippen MR) is 143 cm³/mol. The number of aliphatic carboxylic acids is 1. The van der Waals surface area contributed by atoms with Gasteiger partial charge in [0, 0.05) is 6.42 Å². The number of hydrogen-bond donors (Lipinski definition) is 9. The van der Waals surface area contributed by atoms with E-state index in [0.29, 0.717) is 44.3 Å². The minimum absolute atomic E-state index is 0.0386. The quantitative estimate of drug-likeness (QED) is 0.0839. The lowest BCUT2D eigenvalue weighted by molar-refractivity contribution is -0.142. The number of carbonyl (C=O) groups excluding carboxylic acids is 4. The maximum Gasteiger partial charge on any atom is 0.326 e. The molecular weight excluding hydrogens is 510 g/mol. The van der Waals surface area contributed by atoms with Crippen LogP contribution in [-0.4, -0.2) is 84.1 Å². The summed E-state index contributed by atoms with van der Waals surface area (Å²) in [6, 6.07) is 2.83. The zero-order chi connectivity index (χ0) is 29.2. The van der Waals surface area contributed by atoms with Crippen LogP contribution >= 0.6 is 0 Å². The third-order valence-corrected chi connectivity index (χ3v) is 5.80. The fraction of sp³-hybridized carbons (Fsp3) is 0.560. The first kappa shape index (κ1) is 33.3. The number of carboxylic acids is 1. The Labute approximate surface area is 227 Å². The smallest absolute Gasteiger partial charge is 0.326 e. The number of phenols is 1. The van der Waals surface area contributed by atoms with E-state index in [9.17, 15) is 34.2 Å². The number of nitrogens with two attached hydrogens (primary N) is 3. The molecule has 3 atom stereocenters. The van der Waals surface area contributed by atoms with E-state index in [1.807, 2.05) is 0 Å². The first-order chi connectivity index (χ1) is 18.6. The molecule has 0 saturated heterocycles. The molecule has 14 nitrogen and oxygen atoms in total. The Bertz CT molecular complexity index is 943. The van der Waals surface area contributed by atoms with Gasteiger partial charge in [-0.05, 0) is 69.3 Å². The van der Waals surface area contributed by atoms with Crippen LogP contribution in [0.5, 0.6) is 5.75 Å². The summed E-state index contributed by atoms with van der Waals surface area (Å²) in [5.41, 5.74) is 17.0. The van der Waals surface area contributed by atoms with Crippen LogP contribution < -0.4 is 38.5 Å². The van der Waals surface area contributed by atoms with E-state index in [1.54, 1.807) is 12.1 Å². The van der Waals surface area contributed by atoms with Crippen LogP contribution in [0.25, 0.3) is 0 Å². The van der Waals surface area contributed by atoms with Crippen LogP contribution in [0, 0.1) is 0 Å². The summed E-state index contributed by atoms with van der Waals surface area (Å²) in [4.78, 5) is 61.7. The number of rotatable bonds is 19. The topological polar surface area (TPSA) is 252 Å². The molecule has 4 amide bonds. The lowest BCUT2D eigenvalue weighted by atomic mass is 10.0. The maximum absolute atomic E-state index is 13.1. The van der Waals surface area contributed by atoms with Gasteiger partial charge in [-0.15, -0.1) is 0 Å². The van der Waals surface area contributed by atoms with Gasteiger partial charge < -0.3 is 48.7 Å². The minimum Gasteiger partial charge on any atom is -0.508 e. The van der Waals surface area contributed by atoms with Crippen LogP contribution in [0.3, 0.4) is 0 Å². The molecule has 218 valence electrons. The molecule has 0 heterocycles. The normalized spacial score (nSPS) is 13.0. The average molecular weight is 552 g/mol. The summed E-state index contributed by atoms with van der Waals surface area (Å²) in [7, 11) is 0. The summed E-state index contributed by atoms with van der Waals surface area (Å²) in [5.74, 6) is -3.73. The van der Waals surface area contributed by atoms with Crippen molar-refractivity contribution in [3.05, 3.63) is 29.8 Å². The third kappa shape index (κ3) is 13.6. The summed E-state index contributed by atoms with van der Waals surface area (Å²) < 4.78 is 0. The van der Waals surface area contributed by atoms with Gasteiger partial charge in [0.1, 0.15) is 23.9 Å². The van der Waals surface area contributed by atoms with E-state index in [0.717, 1.165) is 0 Å². The monoisotopic (exact) mass is 551 g/mol. The molecule has 1 rings (SSSR count). The van der Waals surface area contributed by atoms with E-state index < -0.39 is 54.3 Å². The molecule has 0 saturated carbocycles. The molecule has 0 aliphatic heterocycles. The van der Waals surface area contributed by atoms with Gasteiger partial charge in [0.25, 0.3) is 0 Å². The lowest BCUT2D eigenvalue weighted by Gasteiger charge is -2.23. The highest BCUT2D eigenvalue weighted by Gasteiger charge is 2.27. The van der Waals surface area contributed by atoms with Gasteiger partial charge in [0.15, 0.2) is 0 Å². The average Bonchev–Trinajstić information content (AvgIpc) is 2.91. The van der Waals surface area contributed by atoms with Gasteiger partial charge in [0.2, 0.25) is 23.6 Å². The van der Waals surface area contributed by atoms with Crippen LogP contribution in [0.15, 0.2) is 24.3 Å². The van der Waals surface area contributed by atoms with Gasteiger partial charge >= 0.3 is 5.97 Å². The second kappa shape index (κ2) is 18.5. The Morgan fingerprint density at radius 3 is 1.82 bits per heavy atom. The number of amides is 4. The first-order valence-electron chi connectivity index (χ1n) is 12.9. The van der Waals surface area contributed by atoms with Crippen molar-refractivity contribution in [2.75, 3.05) is 26.2 Å². The SMILES string of the molecule is NCCCC[C@H](NC(=O)CNC(=O)[C@H](CCCCN)NC(=O)[C@H](Cc1ccc(O)cc1)NC(=O)CN)C(=O)O. The van der Waals surface area contributed by atoms with Crippen molar-refractivity contribution in [3.8, 4) is 5.75 Å². The Kier molecular flexibility index (Phi) is 15.8. The molecule has 0 aliphatic rings. The fourth-order valence-corrected chi connectivity index (χ4v) is 3.65. The van der Waals surface area contributed by atoms with Crippen molar-refractivity contribution in [1.82, 2.24) is 21.3 Å². The van der Waals surface area contributed by atoms with E-state index in [4.69, 9.17) is 17.2 Å². The number of aromatic hydroxyl groups is 1. The van der Waals surface area contributed by atoms with Gasteiger partial charge in [0.05, 0.1) is 13.1 Å². The van der Waals surface area contributed by atoms with Crippen molar-refractivity contribution >= 4 is 29.6 Å². The molecule has 0 aromatic heterocycles. The van der Waals surface area contributed by atoms with Crippen LogP contribution in [0.1, 0.15) is 44.1 Å². The standard InChI is InChI=1S/C25H41N7O7/c26-11-3-1-5-18(23(36)29-15-22(35)30-19(25(38)39)6-2-4-12-27)32-24(37)20(31-21(34)14-28)13-16-7-9-17(33)10-8-16/h7-10,18-20,33H,1-6,11-15,26-28H2,(H,29,36)(H,30,35)(H,31,34)(H,32,37)(H,38,39)/t18-,19-,20-/m0/s1. The molecule has 0 unspecified atom stereocenters. The van der Waals surface area contributed by atoms with Gasteiger partial charge in [-0.2, -0.15) is 0 Å². The zero-order valence-corrected chi connectivity index (χ0v) is 22.0. The highest BCUT2D eigenvalue weighted by Crippen LogP contribution is 2.12. The second-order valence-corrected chi connectivity index (χ2v) is 9.00. The Balaban J connectivity index is 2.87. The van der Waals surface area contributed by atoms with Crippen molar-refractivity contribution in [1.29, 1.82) is 0 Å².